The third-order valence-corrected chi connectivity index (χ3v) is 6.70. The van der Waals surface area contributed by atoms with Gasteiger partial charge in [0.15, 0.2) is 11.6 Å². The van der Waals surface area contributed by atoms with E-state index < -0.39 is 0 Å². The Hall–Kier alpha value is -3.16. The molecule has 0 N–H and O–H groups in total. The van der Waals surface area contributed by atoms with E-state index in [0.29, 0.717) is 6.61 Å². The summed E-state index contributed by atoms with van der Waals surface area (Å²) in [5.41, 5.74) is 3.41. The highest BCUT2D eigenvalue weighted by Gasteiger charge is 2.28. The summed E-state index contributed by atoms with van der Waals surface area (Å²) in [7, 11) is 0. The summed E-state index contributed by atoms with van der Waals surface area (Å²) in [4.78, 5) is 7.61. The van der Waals surface area contributed by atoms with Crippen molar-refractivity contribution in [2.75, 3.05) is 39.5 Å². The third kappa shape index (κ3) is 4.03. The number of ether oxygens (including phenoxy) is 2. The van der Waals surface area contributed by atoms with Crippen molar-refractivity contribution in [3.05, 3.63) is 72.2 Å². The first-order valence-corrected chi connectivity index (χ1v) is 11.9. The van der Waals surface area contributed by atoms with E-state index in [2.05, 4.69) is 62.6 Å². The van der Waals surface area contributed by atoms with Crippen molar-refractivity contribution < 1.29 is 9.47 Å². The molecule has 0 amide bonds. The van der Waals surface area contributed by atoms with Crippen molar-refractivity contribution in [2.24, 2.45) is 0 Å². The SMILES string of the molecule is c1ccc2c(c1)OCCC2c1nc(-c2cccc3cccn23)n(CCCN2CCOCC2)n1. The molecular weight excluding hydrogens is 414 g/mol. The Morgan fingerprint density at radius 3 is 2.73 bits per heavy atom. The molecule has 4 aromatic rings. The molecule has 7 heteroatoms. The predicted molar refractivity (Wildman–Crippen MR) is 127 cm³/mol. The van der Waals surface area contributed by atoms with Crippen LogP contribution in [0.3, 0.4) is 0 Å². The second-order valence-electron chi connectivity index (χ2n) is 8.77. The highest BCUT2D eigenvalue weighted by Crippen LogP contribution is 2.37. The zero-order valence-electron chi connectivity index (χ0n) is 18.8. The molecule has 0 bridgehead atoms. The summed E-state index contributed by atoms with van der Waals surface area (Å²) in [5, 5.41) is 5.08. The Morgan fingerprint density at radius 1 is 0.909 bits per heavy atom. The van der Waals surface area contributed by atoms with Crippen molar-refractivity contribution in [1.29, 1.82) is 0 Å². The summed E-state index contributed by atoms with van der Waals surface area (Å²) in [6, 6.07) is 18.8. The van der Waals surface area contributed by atoms with Gasteiger partial charge in [-0.3, -0.25) is 4.90 Å². The van der Waals surface area contributed by atoms with E-state index in [1.807, 2.05) is 12.1 Å². The van der Waals surface area contributed by atoms with Gasteiger partial charge in [-0.2, -0.15) is 5.10 Å². The minimum Gasteiger partial charge on any atom is -0.493 e. The molecule has 1 atom stereocenters. The van der Waals surface area contributed by atoms with Gasteiger partial charge in [-0.1, -0.05) is 24.3 Å². The Kier molecular flexibility index (Phi) is 5.58. The van der Waals surface area contributed by atoms with Gasteiger partial charge in [0.1, 0.15) is 5.75 Å². The number of benzene rings is 1. The molecule has 2 aliphatic heterocycles. The number of morpholine rings is 1. The summed E-state index contributed by atoms with van der Waals surface area (Å²) in [5.74, 6) is 2.92. The van der Waals surface area contributed by atoms with Gasteiger partial charge in [-0.15, -0.1) is 0 Å². The van der Waals surface area contributed by atoms with Gasteiger partial charge < -0.3 is 13.9 Å². The van der Waals surface area contributed by atoms with Gasteiger partial charge in [-0.05, 0) is 43.2 Å². The summed E-state index contributed by atoms with van der Waals surface area (Å²) in [6.07, 6.45) is 4.02. The molecule has 1 fully saturated rings. The molecule has 6 rings (SSSR count). The maximum Gasteiger partial charge on any atom is 0.175 e. The first kappa shape index (κ1) is 20.4. The topological polar surface area (TPSA) is 56.8 Å². The molecule has 0 radical (unpaired) electrons. The first-order chi connectivity index (χ1) is 16.4. The van der Waals surface area contributed by atoms with Gasteiger partial charge in [0.05, 0.1) is 31.4 Å². The quantitative estimate of drug-likeness (QED) is 0.453. The number of nitrogens with zero attached hydrogens (tertiary/aromatic N) is 5. The number of aromatic nitrogens is 4. The number of hydrogen-bond acceptors (Lipinski definition) is 5. The summed E-state index contributed by atoms with van der Waals surface area (Å²) >= 11 is 0. The van der Waals surface area contributed by atoms with Crippen LogP contribution in [0.5, 0.6) is 5.75 Å². The van der Waals surface area contributed by atoms with Gasteiger partial charge in [-0.25, -0.2) is 9.67 Å². The monoisotopic (exact) mass is 443 g/mol. The minimum atomic E-state index is 0.151. The van der Waals surface area contributed by atoms with Gasteiger partial charge in [0.2, 0.25) is 0 Å². The fourth-order valence-electron chi connectivity index (χ4n) is 4.98. The molecule has 0 saturated carbocycles. The van der Waals surface area contributed by atoms with Crippen LogP contribution < -0.4 is 4.74 Å². The average molecular weight is 444 g/mol. The maximum atomic E-state index is 5.89. The van der Waals surface area contributed by atoms with E-state index in [1.54, 1.807) is 0 Å². The van der Waals surface area contributed by atoms with Gasteiger partial charge in [0.25, 0.3) is 0 Å². The molecule has 3 aromatic heterocycles. The average Bonchev–Trinajstić information content (AvgIpc) is 3.52. The number of para-hydroxylation sites is 1. The second kappa shape index (κ2) is 9.00. The smallest absolute Gasteiger partial charge is 0.175 e. The molecule has 0 spiro atoms. The number of pyridine rings is 1. The maximum absolute atomic E-state index is 5.89. The lowest BCUT2D eigenvalue weighted by Crippen LogP contribution is -2.37. The van der Waals surface area contributed by atoms with Crippen LogP contribution in [0, 0.1) is 0 Å². The molecule has 1 saturated heterocycles. The lowest BCUT2D eigenvalue weighted by atomic mass is 9.92. The van der Waals surface area contributed by atoms with Crippen LogP contribution in [0.25, 0.3) is 17.0 Å². The molecular formula is C26H29N5O2. The van der Waals surface area contributed by atoms with Crippen LogP contribution in [0.15, 0.2) is 60.8 Å². The molecule has 170 valence electrons. The van der Waals surface area contributed by atoms with Gasteiger partial charge in [0, 0.05) is 43.5 Å². The molecule has 1 aromatic carbocycles. The molecule has 1 unspecified atom stereocenters. The standard InChI is InChI=1S/C26H29N5O2/c1-2-10-24-21(8-1)22(11-17-33-24)25-27-26(23-9-3-6-20-7-4-13-30(20)23)31(28-25)14-5-12-29-15-18-32-19-16-29/h1-4,6-10,13,22H,5,11-12,14-19H2. The molecule has 33 heavy (non-hydrogen) atoms. The molecule has 0 aliphatic carbocycles. The van der Waals surface area contributed by atoms with E-state index in [4.69, 9.17) is 19.6 Å². The largest absolute Gasteiger partial charge is 0.493 e. The molecule has 7 nitrogen and oxygen atoms in total. The lowest BCUT2D eigenvalue weighted by molar-refractivity contribution is 0.0368. The van der Waals surface area contributed by atoms with Crippen molar-refractivity contribution in [3.63, 3.8) is 0 Å². The van der Waals surface area contributed by atoms with Crippen LogP contribution in [0.2, 0.25) is 0 Å². The van der Waals surface area contributed by atoms with Crippen molar-refractivity contribution in [2.45, 2.75) is 25.3 Å². The van der Waals surface area contributed by atoms with E-state index in [9.17, 15) is 0 Å². The van der Waals surface area contributed by atoms with E-state index in [1.165, 1.54) is 5.56 Å². The van der Waals surface area contributed by atoms with Crippen molar-refractivity contribution in [3.8, 4) is 17.3 Å². The Labute approximate surface area is 193 Å². The minimum absolute atomic E-state index is 0.151. The van der Waals surface area contributed by atoms with Crippen LogP contribution in [0.1, 0.15) is 30.1 Å². The number of aryl methyl sites for hydroxylation is 1. The van der Waals surface area contributed by atoms with E-state index in [-0.39, 0.29) is 5.92 Å². The second-order valence-corrected chi connectivity index (χ2v) is 8.77. The Morgan fingerprint density at radius 2 is 1.79 bits per heavy atom. The fraction of sp³-hybridized carbons (Fsp3) is 0.385. The zero-order valence-corrected chi connectivity index (χ0v) is 18.8. The Bertz CT molecular complexity index is 1240. The predicted octanol–water partition coefficient (Wildman–Crippen LogP) is 3.83. The number of hydrogen-bond donors (Lipinski definition) is 0. The van der Waals surface area contributed by atoms with Crippen LogP contribution in [-0.2, 0) is 11.3 Å². The number of rotatable bonds is 6. The molecule has 2 aliphatic rings. The van der Waals surface area contributed by atoms with Gasteiger partial charge >= 0.3 is 0 Å². The van der Waals surface area contributed by atoms with E-state index in [0.717, 1.165) is 80.8 Å². The zero-order chi connectivity index (χ0) is 22.0. The van der Waals surface area contributed by atoms with E-state index >= 15 is 0 Å². The summed E-state index contributed by atoms with van der Waals surface area (Å²) in [6.45, 7) is 6.26. The highest BCUT2D eigenvalue weighted by atomic mass is 16.5. The van der Waals surface area contributed by atoms with Crippen molar-refractivity contribution in [1.82, 2.24) is 24.1 Å². The van der Waals surface area contributed by atoms with Crippen molar-refractivity contribution >= 4 is 5.52 Å². The Balaban J connectivity index is 1.35. The number of fused-ring (bicyclic) bond motifs is 2. The third-order valence-electron chi connectivity index (χ3n) is 6.70. The fourth-order valence-corrected chi connectivity index (χ4v) is 4.98. The van der Waals surface area contributed by atoms with Crippen LogP contribution in [0.4, 0.5) is 0 Å². The van der Waals surface area contributed by atoms with Crippen LogP contribution >= 0.6 is 0 Å². The highest BCUT2D eigenvalue weighted by molar-refractivity contribution is 5.60. The first-order valence-electron chi connectivity index (χ1n) is 11.9. The lowest BCUT2D eigenvalue weighted by Gasteiger charge is -2.26. The van der Waals surface area contributed by atoms with Crippen LogP contribution in [-0.4, -0.2) is 63.5 Å². The summed E-state index contributed by atoms with van der Waals surface area (Å²) < 4.78 is 15.7. The normalized spacial score (nSPS) is 18.8. The molecule has 5 heterocycles.